The Labute approximate surface area is 98.5 Å². The number of hydrogen-bond acceptors (Lipinski definition) is 3. The van der Waals surface area contributed by atoms with Crippen molar-refractivity contribution in [3.63, 3.8) is 0 Å². The summed E-state index contributed by atoms with van der Waals surface area (Å²) in [7, 11) is 0. The summed E-state index contributed by atoms with van der Waals surface area (Å²) >= 11 is 0. The number of fused-ring (bicyclic) bond motifs is 11. The summed E-state index contributed by atoms with van der Waals surface area (Å²) in [6, 6.07) is 0. The lowest BCUT2D eigenvalue weighted by atomic mass is 9.74. The number of allylic oxidation sites excluding steroid dienone is 4. The molecule has 86 valence electrons. The average molecular weight is 228 g/mol. The van der Waals surface area contributed by atoms with Crippen LogP contribution in [-0.4, -0.2) is 11.9 Å². The maximum atomic E-state index is 11.8. The molecule has 3 nitrogen and oxygen atoms in total. The van der Waals surface area contributed by atoms with Crippen molar-refractivity contribution in [2.75, 3.05) is 0 Å². The summed E-state index contributed by atoms with van der Waals surface area (Å²) in [5.41, 5.74) is 3.02. The standard InChI is InChI=1S/C14H12O3/c15-13-11-7-4-8(12(11)14(16)17-13)10-6-2-1-5(3-6)9(7)10/h1-2,5-8,11-12H,3-4H2/t5-,6-,7-,8-,11-,12+/m0/s1. The first-order chi connectivity index (χ1) is 8.25. The van der Waals surface area contributed by atoms with Crippen molar-refractivity contribution in [3.05, 3.63) is 23.3 Å². The number of ether oxygens (including phenoxy) is 1. The first-order valence-corrected chi connectivity index (χ1v) is 6.43. The minimum absolute atomic E-state index is 0.140. The van der Waals surface area contributed by atoms with Crippen LogP contribution >= 0.6 is 0 Å². The predicted molar refractivity (Wildman–Crippen MR) is 57.4 cm³/mol. The summed E-state index contributed by atoms with van der Waals surface area (Å²) in [6.45, 7) is 0. The second kappa shape index (κ2) is 2.40. The summed E-state index contributed by atoms with van der Waals surface area (Å²) < 4.78 is 4.84. The lowest BCUT2D eigenvalue weighted by Gasteiger charge is -2.26. The summed E-state index contributed by atoms with van der Waals surface area (Å²) in [5.74, 6) is 0.969. The summed E-state index contributed by atoms with van der Waals surface area (Å²) in [5, 5.41) is 0. The van der Waals surface area contributed by atoms with Gasteiger partial charge in [0, 0.05) is 0 Å². The van der Waals surface area contributed by atoms with Gasteiger partial charge in [-0.25, -0.2) is 0 Å². The third-order valence-electron chi connectivity index (χ3n) is 5.52. The monoisotopic (exact) mass is 228 g/mol. The molecule has 0 aromatic carbocycles. The lowest BCUT2D eigenvalue weighted by molar-refractivity contribution is -0.154. The number of rotatable bonds is 0. The Morgan fingerprint density at radius 1 is 0.882 bits per heavy atom. The van der Waals surface area contributed by atoms with Gasteiger partial charge in [-0.15, -0.1) is 0 Å². The molecule has 0 amide bonds. The van der Waals surface area contributed by atoms with E-state index in [0.717, 1.165) is 6.42 Å². The van der Waals surface area contributed by atoms with Crippen LogP contribution in [0.25, 0.3) is 0 Å². The molecule has 1 saturated heterocycles. The number of esters is 2. The highest BCUT2D eigenvalue weighted by atomic mass is 16.6. The molecule has 0 radical (unpaired) electrons. The van der Waals surface area contributed by atoms with Gasteiger partial charge in [-0.3, -0.25) is 9.59 Å². The second-order valence-corrected chi connectivity index (χ2v) is 5.98. The number of cyclic esters (lactones) is 2. The molecule has 1 aliphatic heterocycles. The zero-order valence-electron chi connectivity index (χ0n) is 9.26. The van der Waals surface area contributed by atoms with Gasteiger partial charge in [-0.05, 0) is 36.5 Å². The zero-order valence-corrected chi connectivity index (χ0v) is 9.26. The molecule has 2 fully saturated rings. The molecule has 17 heavy (non-hydrogen) atoms. The van der Waals surface area contributed by atoms with Gasteiger partial charge in [0.15, 0.2) is 0 Å². The van der Waals surface area contributed by atoms with E-state index in [0.29, 0.717) is 23.7 Å². The fourth-order valence-corrected chi connectivity index (χ4v) is 5.13. The highest BCUT2D eigenvalue weighted by molar-refractivity contribution is 5.98. The van der Waals surface area contributed by atoms with Crippen LogP contribution in [0.1, 0.15) is 12.8 Å². The molecule has 4 bridgehead atoms. The van der Waals surface area contributed by atoms with Gasteiger partial charge in [-0.2, -0.15) is 0 Å². The largest absolute Gasteiger partial charge is 0.393 e. The van der Waals surface area contributed by atoms with E-state index in [2.05, 4.69) is 12.2 Å². The van der Waals surface area contributed by atoms with Crippen LogP contribution in [0, 0.1) is 35.5 Å². The van der Waals surface area contributed by atoms with Crippen molar-refractivity contribution in [1.29, 1.82) is 0 Å². The number of hydrogen-bond donors (Lipinski definition) is 0. The quantitative estimate of drug-likeness (QED) is 0.273. The minimum atomic E-state index is -0.259. The van der Waals surface area contributed by atoms with Crippen molar-refractivity contribution < 1.29 is 14.3 Å². The minimum Gasteiger partial charge on any atom is -0.393 e. The first-order valence-electron chi connectivity index (χ1n) is 6.43. The molecule has 3 heteroatoms. The Morgan fingerprint density at radius 2 is 1.41 bits per heavy atom. The van der Waals surface area contributed by atoms with E-state index in [1.54, 1.807) is 0 Å². The maximum Gasteiger partial charge on any atom is 0.318 e. The third kappa shape index (κ3) is 0.753. The number of carbonyl (C=O) groups excluding carboxylic acids is 2. The van der Waals surface area contributed by atoms with Crippen LogP contribution in [0.5, 0.6) is 0 Å². The van der Waals surface area contributed by atoms with E-state index >= 15 is 0 Å². The molecule has 1 saturated carbocycles. The highest BCUT2D eigenvalue weighted by Gasteiger charge is 2.65. The fourth-order valence-electron chi connectivity index (χ4n) is 5.13. The molecule has 0 spiro atoms. The summed E-state index contributed by atoms with van der Waals surface area (Å²) in [4.78, 5) is 23.5. The van der Waals surface area contributed by atoms with Crippen molar-refractivity contribution in [3.8, 4) is 0 Å². The average Bonchev–Trinajstić information content (AvgIpc) is 3.03. The molecule has 0 aromatic heterocycles. The van der Waals surface area contributed by atoms with Crippen LogP contribution < -0.4 is 0 Å². The van der Waals surface area contributed by atoms with Crippen LogP contribution in [0.15, 0.2) is 23.3 Å². The van der Waals surface area contributed by atoms with Gasteiger partial charge in [0.05, 0.1) is 11.8 Å². The molecular weight excluding hydrogens is 216 g/mol. The van der Waals surface area contributed by atoms with E-state index in [-0.39, 0.29) is 23.8 Å². The molecule has 6 atom stereocenters. The van der Waals surface area contributed by atoms with Gasteiger partial charge in [-0.1, -0.05) is 23.3 Å². The third-order valence-corrected chi connectivity index (χ3v) is 5.52. The predicted octanol–water partition coefficient (Wildman–Crippen LogP) is 1.45. The molecule has 5 rings (SSSR count). The Balaban J connectivity index is 1.69. The van der Waals surface area contributed by atoms with Gasteiger partial charge < -0.3 is 4.74 Å². The van der Waals surface area contributed by atoms with Crippen LogP contribution in [0.3, 0.4) is 0 Å². The molecule has 0 unspecified atom stereocenters. The lowest BCUT2D eigenvalue weighted by Crippen LogP contribution is -2.28. The zero-order chi connectivity index (χ0) is 11.3. The smallest absolute Gasteiger partial charge is 0.318 e. The maximum absolute atomic E-state index is 11.8. The van der Waals surface area contributed by atoms with Crippen LogP contribution in [-0.2, 0) is 14.3 Å². The van der Waals surface area contributed by atoms with E-state index in [9.17, 15) is 9.59 Å². The molecule has 0 aromatic rings. The fraction of sp³-hybridized carbons (Fsp3) is 0.571. The van der Waals surface area contributed by atoms with E-state index < -0.39 is 0 Å². The van der Waals surface area contributed by atoms with Crippen molar-refractivity contribution >= 4 is 11.9 Å². The van der Waals surface area contributed by atoms with E-state index in [1.807, 2.05) is 0 Å². The topological polar surface area (TPSA) is 43.4 Å². The van der Waals surface area contributed by atoms with Crippen molar-refractivity contribution in [2.24, 2.45) is 35.5 Å². The molecular formula is C14H12O3. The highest BCUT2D eigenvalue weighted by Crippen LogP contribution is 2.66. The Bertz CT molecular complexity index is 498. The molecule has 4 aliphatic carbocycles. The second-order valence-electron chi connectivity index (χ2n) is 5.98. The molecule has 0 N–H and O–H groups in total. The molecule has 1 heterocycles. The van der Waals surface area contributed by atoms with Gasteiger partial charge in [0.25, 0.3) is 0 Å². The summed E-state index contributed by atoms with van der Waals surface area (Å²) in [6.07, 6.45) is 6.80. The normalized spacial score (nSPS) is 52.5. The van der Waals surface area contributed by atoms with Crippen LogP contribution in [0.2, 0.25) is 0 Å². The Kier molecular flexibility index (Phi) is 1.22. The van der Waals surface area contributed by atoms with E-state index in [1.165, 1.54) is 17.6 Å². The first kappa shape index (κ1) is 8.67. The Morgan fingerprint density at radius 3 is 1.94 bits per heavy atom. The van der Waals surface area contributed by atoms with E-state index in [4.69, 9.17) is 4.74 Å². The SMILES string of the molecule is O=C1OC(=O)[C@H]2[C@@H]1[C@H]1C[C@H]2C2=C1[C@H]1C=C[C@H]2C1. The number of carbonyl (C=O) groups is 2. The van der Waals surface area contributed by atoms with Crippen LogP contribution in [0.4, 0.5) is 0 Å². The Hall–Kier alpha value is -1.38. The van der Waals surface area contributed by atoms with Gasteiger partial charge in [0.1, 0.15) is 0 Å². The van der Waals surface area contributed by atoms with Gasteiger partial charge >= 0.3 is 11.9 Å². The van der Waals surface area contributed by atoms with Crippen molar-refractivity contribution in [1.82, 2.24) is 0 Å². The van der Waals surface area contributed by atoms with Crippen molar-refractivity contribution in [2.45, 2.75) is 12.8 Å². The molecule has 5 aliphatic rings. The van der Waals surface area contributed by atoms with Gasteiger partial charge in [0.2, 0.25) is 0 Å².